The Labute approximate surface area is 266 Å². The van der Waals surface area contributed by atoms with Gasteiger partial charge < -0.3 is 10.6 Å². The number of nitrogens with one attached hydrogen (secondary N) is 2. The smallest absolute Gasteiger partial charge is 0.264 e. The maximum Gasteiger partial charge on any atom is 0.264 e. The molecular formula is C32H34N8O3S2. The van der Waals surface area contributed by atoms with Crippen LogP contribution in [-0.4, -0.2) is 45.6 Å². The Morgan fingerprint density at radius 1 is 1.04 bits per heavy atom. The zero-order valence-corrected chi connectivity index (χ0v) is 27.3. The average Bonchev–Trinajstić information content (AvgIpc) is 3.67. The molecule has 13 heteroatoms. The van der Waals surface area contributed by atoms with Crippen LogP contribution in [0.2, 0.25) is 0 Å². The van der Waals surface area contributed by atoms with Crippen molar-refractivity contribution in [3.8, 4) is 11.3 Å². The van der Waals surface area contributed by atoms with Crippen LogP contribution in [0, 0.1) is 6.92 Å². The van der Waals surface area contributed by atoms with E-state index in [1.807, 2.05) is 38.4 Å². The van der Waals surface area contributed by atoms with E-state index in [1.54, 1.807) is 53.6 Å². The molecule has 2 aromatic carbocycles. The molecule has 1 amide bonds. The minimum absolute atomic E-state index is 0.170. The minimum atomic E-state index is -3.90. The van der Waals surface area contributed by atoms with E-state index < -0.39 is 16.1 Å². The molecule has 1 aliphatic heterocycles. The predicted molar refractivity (Wildman–Crippen MR) is 175 cm³/mol. The summed E-state index contributed by atoms with van der Waals surface area (Å²) >= 11 is 1.37. The fourth-order valence-electron chi connectivity index (χ4n) is 5.12. The first-order valence-electron chi connectivity index (χ1n) is 14.5. The van der Waals surface area contributed by atoms with Crippen molar-refractivity contribution in [1.29, 1.82) is 0 Å². The summed E-state index contributed by atoms with van der Waals surface area (Å²) in [7, 11) is -2.07. The third-order valence-corrected chi connectivity index (χ3v) is 10.7. The van der Waals surface area contributed by atoms with E-state index in [4.69, 9.17) is 0 Å². The van der Waals surface area contributed by atoms with Crippen LogP contribution in [0.5, 0.6) is 0 Å². The van der Waals surface area contributed by atoms with Gasteiger partial charge in [0.05, 0.1) is 45.4 Å². The lowest BCUT2D eigenvalue weighted by Gasteiger charge is -2.35. The number of nitrogens with zero attached hydrogens (tertiary/aromatic N) is 6. The van der Waals surface area contributed by atoms with Gasteiger partial charge in [0.2, 0.25) is 5.95 Å². The van der Waals surface area contributed by atoms with E-state index >= 15 is 0 Å². The van der Waals surface area contributed by atoms with Gasteiger partial charge in [0.15, 0.2) is 0 Å². The molecule has 2 N–H and O–H groups in total. The number of rotatable bonds is 7. The highest BCUT2D eigenvalue weighted by atomic mass is 32.2. The highest BCUT2D eigenvalue weighted by molar-refractivity contribution is 7.92. The van der Waals surface area contributed by atoms with Crippen LogP contribution in [0.25, 0.3) is 11.3 Å². The lowest BCUT2D eigenvalue weighted by molar-refractivity contribution is 0.0938. The number of sulfonamides is 1. The van der Waals surface area contributed by atoms with Gasteiger partial charge in [-0.2, -0.15) is 5.10 Å². The van der Waals surface area contributed by atoms with Gasteiger partial charge in [-0.25, -0.2) is 23.4 Å². The maximum atomic E-state index is 14.0. The Kier molecular flexibility index (Phi) is 7.91. The number of fused-ring (bicyclic) bond motifs is 1. The van der Waals surface area contributed by atoms with Crippen LogP contribution in [0.15, 0.2) is 78.2 Å². The lowest BCUT2D eigenvalue weighted by atomic mass is 9.95. The van der Waals surface area contributed by atoms with Gasteiger partial charge in [-0.05, 0) is 43.2 Å². The van der Waals surface area contributed by atoms with Crippen molar-refractivity contribution in [2.24, 2.45) is 7.05 Å². The molecule has 11 nitrogen and oxygen atoms in total. The molecule has 1 atom stereocenters. The Bertz CT molecular complexity index is 1980. The summed E-state index contributed by atoms with van der Waals surface area (Å²) in [5, 5.41) is 11.3. The molecule has 0 aliphatic carbocycles. The molecule has 0 fully saturated rings. The van der Waals surface area contributed by atoms with Crippen molar-refractivity contribution in [2.75, 3.05) is 16.2 Å². The lowest BCUT2D eigenvalue weighted by Crippen LogP contribution is -2.41. The quantitative estimate of drug-likeness (QED) is 0.229. The van der Waals surface area contributed by atoms with Crippen molar-refractivity contribution >= 4 is 44.6 Å². The topological polar surface area (TPSA) is 135 Å². The molecule has 3 aromatic heterocycles. The summed E-state index contributed by atoms with van der Waals surface area (Å²) in [6, 6.07) is 13.8. The van der Waals surface area contributed by atoms with Crippen LogP contribution in [0.4, 0.5) is 17.3 Å². The van der Waals surface area contributed by atoms with Crippen LogP contribution >= 0.6 is 11.3 Å². The van der Waals surface area contributed by atoms with E-state index in [-0.39, 0.29) is 22.8 Å². The van der Waals surface area contributed by atoms with E-state index in [0.717, 1.165) is 16.3 Å². The molecule has 0 saturated carbocycles. The number of aromatic nitrogens is 5. The molecule has 6 rings (SSSR count). The van der Waals surface area contributed by atoms with Crippen molar-refractivity contribution in [2.45, 2.75) is 50.5 Å². The normalized spacial score (nSPS) is 15.0. The van der Waals surface area contributed by atoms with Crippen molar-refractivity contribution < 1.29 is 13.2 Å². The van der Waals surface area contributed by atoms with Gasteiger partial charge in [0, 0.05) is 37.0 Å². The summed E-state index contributed by atoms with van der Waals surface area (Å²) in [5.41, 5.74) is 4.05. The van der Waals surface area contributed by atoms with Crippen LogP contribution in [-0.2, 0) is 22.5 Å². The second kappa shape index (κ2) is 11.7. The van der Waals surface area contributed by atoms with E-state index in [2.05, 4.69) is 51.5 Å². The SMILES string of the molecule is Cc1ccc(S(=O)(=O)N2CCC(NC(=O)c3cnc(C(C)(C)C)s3)c3ccc(-c4ccnc(Nc5cnn(C)c5)n4)cc32)cc1. The van der Waals surface area contributed by atoms with Gasteiger partial charge >= 0.3 is 0 Å². The molecule has 4 heterocycles. The summed E-state index contributed by atoms with van der Waals surface area (Å²) in [4.78, 5) is 27.6. The standard InChI is InChI=1S/C32H34N8O3S2/c1-20-6-9-23(10-7-20)45(42,43)40-15-13-26(37-29(41)28-18-34-30(44-28)32(2,3)4)24-11-8-21(16-27(24)40)25-12-14-33-31(38-25)36-22-17-35-39(5)19-22/h6-12,14,16-19,26H,13,15H2,1-5H3,(H,37,41)(H,33,36,38). The molecule has 0 spiro atoms. The first-order valence-corrected chi connectivity index (χ1v) is 16.7. The Balaban J connectivity index is 1.37. The Morgan fingerprint density at radius 2 is 1.82 bits per heavy atom. The zero-order valence-electron chi connectivity index (χ0n) is 25.6. The third-order valence-electron chi connectivity index (χ3n) is 7.49. The van der Waals surface area contributed by atoms with Gasteiger partial charge in [0.25, 0.3) is 15.9 Å². The molecule has 0 bridgehead atoms. The van der Waals surface area contributed by atoms with Gasteiger partial charge in [0.1, 0.15) is 4.88 Å². The summed E-state index contributed by atoms with van der Waals surface area (Å²) in [5.74, 6) is 0.145. The molecule has 5 aromatic rings. The third kappa shape index (κ3) is 6.31. The first-order chi connectivity index (χ1) is 21.4. The molecule has 1 unspecified atom stereocenters. The number of carbonyl (C=O) groups excluding carboxylic acids is 1. The number of amides is 1. The number of hydrogen-bond donors (Lipinski definition) is 2. The van der Waals surface area contributed by atoms with Crippen molar-refractivity contribution in [3.63, 3.8) is 0 Å². The highest BCUT2D eigenvalue weighted by Gasteiger charge is 2.35. The minimum Gasteiger partial charge on any atom is -0.344 e. The molecule has 0 radical (unpaired) electrons. The molecule has 1 aliphatic rings. The second-order valence-electron chi connectivity index (χ2n) is 12.1. The molecule has 232 valence electrons. The summed E-state index contributed by atoms with van der Waals surface area (Å²) in [6.45, 7) is 8.27. The number of hydrogen-bond acceptors (Lipinski definition) is 9. The Morgan fingerprint density at radius 3 is 2.51 bits per heavy atom. The van der Waals surface area contributed by atoms with Crippen LogP contribution in [0.3, 0.4) is 0 Å². The van der Waals surface area contributed by atoms with Crippen LogP contribution in [0.1, 0.15) is 59.0 Å². The number of thiazole rings is 1. The summed E-state index contributed by atoms with van der Waals surface area (Å²) in [6.07, 6.45) is 7.14. The van der Waals surface area contributed by atoms with E-state index in [0.29, 0.717) is 39.8 Å². The van der Waals surface area contributed by atoms with E-state index in [9.17, 15) is 13.2 Å². The molecular weight excluding hydrogens is 609 g/mol. The van der Waals surface area contributed by atoms with Gasteiger partial charge in [-0.1, -0.05) is 50.6 Å². The van der Waals surface area contributed by atoms with Crippen LogP contribution < -0.4 is 14.9 Å². The van der Waals surface area contributed by atoms with Crippen molar-refractivity contribution in [1.82, 2.24) is 30.0 Å². The number of aryl methyl sites for hydroxylation is 2. The summed E-state index contributed by atoms with van der Waals surface area (Å²) < 4.78 is 31.1. The average molecular weight is 643 g/mol. The zero-order chi connectivity index (χ0) is 31.9. The monoisotopic (exact) mass is 642 g/mol. The number of benzene rings is 2. The maximum absolute atomic E-state index is 14.0. The Hall–Kier alpha value is -4.62. The molecule has 45 heavy (non-hydrogen) atoms. The predicted octanol–water partition coefficient (Wildman–Crippen LogP) is 5.75. The number of carbonyl (C=O) groups is 1. The van der Waals surface area contributed by atoms with Gasteiger partial charge in [-0.15, -0.1) is 11.3 Å². The van der Waals surface area contributed by atoms with Gasteiger partial charge in [-0.3, -0.25) is 13.8 Å². The van der Waals surface area contributed by atoms with E-state index in [1.165, 1.54) is 15.6 Å². The fourth-order valence-corrected chi connectivity index (χ4v) is 7.50. The number of anilines is 3. The molecule has 0 saturated heterocycles. The largest absolute Gasteiger partial charge is 0.344 e. The van der Waals surface area contributed by atoms with Crippen molar-refractivity contribution in [3.05, 3.63) is 94.3 Å². The second-order valence-corrected chi connectivity index (χ2v) is 14.9. The fraction of sp³-hybridized carbons (Fsp3) is 0.281. The first kappa shape index (κ1) is 30.4. The highest BCUT2D eigenvalue weighted by Crippen LogP contribution is 2.40.